The maximum atomic E-state index is 12.2. The quantitative estimate of drug-likeness (QED) is 0.246. The van der Waals surface area contributed by atoms with Crippen LogP contribution in [0.25, 0.3) is 0 Å². The summed E-state index contributed by atoms with van der Waals surface area (Å²) in [5, 5.41) is 15.4. The molecule has 1 amide bonds. The lowest BCUT2D eigenvalue weighted by atomic mass is 9.78. The van der Waals surface area contributed by atoms with E-state index in [1.807, 2.05) is 6.92 Å². The predicted molar refractivity (Wildman–Crippen MR) is 122 cm³/mol. The van der Waals surface area contributed by atoms with Crippen molar-refractivity contribution in [3.63, 3.8) is 0 Å². The number of hydrogen-bond acceptors (Lipinski definition) is 3. The molecular formula is C20H33IN4O2. The van der Waals surface area contributed by atoms with Gasteiger partial charge in [-0.2, -0.15) is 0 Å². The monoisotopic (exact) mass is 488 g/mol. The maximum absolute atomic E-state index is 12.2. The summed E-state index contributed by atoms with van der Waals surface area (Å²) in [5.74, 6) is 0.825. The topological polar surface area (TPSA) is 77.0 Å². The van der Waals surface area contributed by atoms with Gasteiger partial charge >= 0.3 is 0 Å². The Hall–Kier alpha value is -1.51. The minimum atomic E-state index is -0.167. The van der Waals surface area contributed by atoms with E-state index in [4.69, 9.17) is 0 Å². The number of carbonyl (C=O) groups excluding carboxylic acids is 1. The van der Waals surface area contributed by atoms with Crippen molar-refractivity contribution in [2.75, 3.05) is 31.5 Å². The van der Waals surface area contributed by atoms with E-state index < -0.39 is 0 Å². The number of hydrogen-bond donors (Lipinski definition) is 3. The molecule has 1 saturated heterocycles. The molecule has 1 aliphatic rings. The fraction of sp³-hybridized carbons (Fsp3) is 0.600. The van der Waals surface area contributed by atoms with Gasteiger partial charge in [-0.25, -0.2) is 4.99 Å². The highest BCUT2D eigenvalue weighted by Gasteiger charge is 2.31. The van der Waals surface area contributed by atoms with Gasteiger partial charge in [-0.1, -0.05) is 20.3 Å². The maximum Gasteiger partial charge on any atom is 0.246 e. The highest BCUT2D eigenvalue weighted by atomic mass is 127. The number of halogens is 1. The number of amides is 1. The molecule has 6 nitrogen and oxygen atoms in total. The number of phenolic OH excluding ortho intramolecular Hbond substituents is 1. The van der Waals surface area contributed by atoms with Crippen molar-refractivity contribution >= 4 is 41.5 Å². The van der Waals surface area contributed by atoms with Gasteiger partial charge in [0.15, 0.2) is 5.96 Å². The van der Waals surface area contributed by atoms with E-state index in [1.165, 1.54) is 19.3 Å². The van der Waals surface area contributed by atoms with Crippen molar-refractivity contribution in [3.05, 3.63) is 24.3 Å². The number of benzene rings is 1. The minimum Gasteiger partial charge on any atom is -0.508 e. The molecule has 1 unspecified atom stereocenters. The second kappa shape index (κ2) is 11.4. The van der Waals surface area contributed by atoms with Crippen molar-refractivity contribution in [1.82, 2.24) is 10.2 Å². The number of rotatable bonds is 6. The molecule has 0 aliphatic carbocycles. The average Bonchev–Trinajstić information content (AvgIpc) is 2.60. The molecule has 0 bridgehead atoms. The van der Waals surface area contributed by atoms with Gasteiger partial charge in [0.05, 0.1) is 0 Å². The van der Waals surface area contributed by atoms with Crippen LogP contribution in [0.15, 0.2) is 29.3 Å². The van der Waals surface area contributed by atoms with Crippen molar-refractivity contribution in [3.8, 4) is 5.75 Å². The number of nitrogens with one attached hydrogen (secondary N) is 2. The van der Waals surface area contributed by atoms with Crippen molar-refractivity contribution < 1.29 is 9.90 Å². The van der Waals surface area contributed by atoms with Gasteiger partial charge < -0.3 is 20.6 Å². The summed E-state index contributed by atoms with van der Waals surface area (Å²) in [4.78, 5) is 19.0. The summed E-state index contributed by atoms with van der Waals surface area (Å²) in [7, 11) is 0. The highest BCUT2D eigenvalue weighted by molar-refractivity contribution is 14.0. The number of piperidine rings is 1. The fourth-order valence-corrected chi connectivity index (χ4v) is 3.62. The summed E-state index contributed by atoms with van der Waals surface area (Å²) in [5.41, 5.74) is 0.971. The van der Waals surface area contributed by atoms with Crippen LogP contribution in [-0.4, -0.2) is 48.1 Å². The second-order valence-electron chi connectivity index (χ2n) is 7.35. The molecule has 1 aromatic rings. The number of nitrogens with zero attached hydrogens (tertiary/aromatic N) is 2. The van der Waals surface area contributed by atoms with E-state index in [0.717, 1.165) is 32.0 Å². The zero-order valence-electron chi connectivity index (χ0n) is 16.6. The van der Waals surface area contributed by atoms with Gasteiger partial charge in [0.1, 0.15) is 12.3 Å². The molecule has 1 heterocycles. The van der Waals surface area contributed by atoms with Crippen LogP contribution >= 0.6 is 24.0 Å². The van der Waals surface area contributed by atoms with Crippen LogP contribution in [-0.2, 0) is 4.79 Å². The van der Waals surface area contributed by atoms with Crippen LogP contribution < -0.4 is 10.6 Å². The first kappa shape index (κ1) is 23.5. The average molecular weight is 488 g/mol. The first-order valence-electron chi connectivity index (χ1n) is 9.58. The van der Waals surface area contributed by atoms with Gasteiger partial charge in [0.25, 0.3) is 0 Å². The standard InChI is InChI=1S/C20H32N4O2.HI/c1-4-11-20(3)12-6-13-24(15-20)19(21-5-2)22-14-18(26)23-16-7-9-17(25)10-8-16;/h7-10,25H,4-6,11-15H2,1-3H3,(H,21,22)(H,23,26);1H. The lowest BCUT2D eigenvalue weighted by Gasteiger charge is -2.42. The molecule has 7 heteroatoms. The molecule has 1 aliphatic heterocycles. The second-order valence-corrected chi connectivity index (χ2v) is 7.35. The van der Waals surface area contributed by atoms with E-state index >= 15 is 0 Å². The van der Waals surface area contributed by atoms with Crippen LogP contribution in [0, 0.1) is 5.41 Å². The zero-order valence-corrected chi connectivity index (χ0v) is 19.0. The molecule has 1 fully saturated rings. The Kier molecular flexibility index (Phi) is 9.90. The van der Waals surface area contributed by atoms with Crippen LogP contribution in [0.1, 0.15) is 46.5 Å². The SMILES string of the molecule is CCCC1(C)CCCN(C(=NCC(=O)Nc2ccc(O)cc2)NCC)C1.I. The number of aromatic hydroxyl groups is 1. The Bertz CT molecular complexity index is 617. The predicted octanol–water partition coefficient (Wildman–Crippen LogP) is 3.82. The zero-order chi connectivity index (χ0) is 19.0. The number of phenols is 1. The van der Waals surface area contributed by atoms with E-state index in [2.05, 4.69) is 34.4 Å². The first-order chi connectivity index (χ1) is 12.5. The lowest BCUT2D eigenvalue weighted by molar-refractivity contribution is -0.114. The Morgan fingerprint density at radius 3 is 2.63 bits per heavy atom. The first-order valence-corrected chi connectivity index (χ1v) is 9.58. The van der Waals surface area contributed by atoms with Gasteiger partial charge in [0.2, 0.25) is 5.91 Å². The van der Waals surface area contributed by atoms with Crippen LogP contribution in [0.5, 0.6) is 5.75 Å². The van der Waals surface area contributed by atoms with Gasteiger partial charge in [-0.3, -0.25) is 4.79 Å². The lowest BCUT2D eigenvalue weighted by Crippen LogP contribution is -2.50. The summed E-state index contributed by atoms with van der Waals surface area (Å²) in [6, 6.07) is 6.43. The Morgan fingerprint density at radius 1 is 1.30 bits per heavy atom. The summed E-state index contributed by atoms with van der Waals surface area (Å²) < 4.78 is 0. The number of carbonyl (C=O) groups is 1. The summed E-state index contributed by atoms with van der Waals surface area (Å²) in [6.45, 7) is 9.43. The Balaban J connectivity index is 0.00000364. The molecule has 0 radical (unpaired) electrons. The third-order valence-corrected chi connectivity index (χ3v) is 4.79. The Morgan fingerprint density at radius 2 is 2.00 bits per heavy atom. The van der Waals surface area contributed by atoms with Crippen molar-refractivity contribution in [2.24, 2.45) is 10.4 Å². The van der Waals surface area contributed by atoms with Crippen molar-refractivity contribution in [2.45, 2.75) is 46.5 Å². The molecule has 2 rings (SSSR count). The van der Waals surface area contributed by atoms with E-state index in [1.54, 1.807) is 24.3 Å². The fourth-order valence-electron chi connectivity index (χ4n) is 3.62. The number of guanidine groups is 1. The van der Waals surface area contributed by atoms with Crippen LogP contribution in [0.2, 0.25) is 0 Å². The third kappa shape index (κ3) is 7.56. The van der Waals surface area contributed by atoms with Crippen LogP contribution in [0.4, 0.5) is 5.69 Å². The normalized spacial score (nSPS) is 20.0. The molecule has 1 aromatic carbocycles. The molecule has 3 N–H and O–H groups in total. The largest absolute Gasteiger partial charge is 0.508 e. The van der Waals surface area contributed by atoms with Gasteiger partial charge in [-0.05, 0) is 55.9 Å². The Labute approximate surface area is 179 Å². The van der Waals surface area contributed by atoms with Gasteiger partial charge in [-0.15, -0.1) is 24.0 Å². The molecular weight excluding hydrogens is 455 g/mol. The van der Waals surface area contributed by atoms with Gasteiger partial charge in [0, 0.05) is 25.3 Å². The third-order valence-electron chi connectivity index (χ3n) is 4.79. The molecule has 152 valence electrons. The number of anilines is 1. The van der Waals surface area contributed by atoms with Crippen molar-refractivity contribution in [1.29, 1.82) is 0 Å². The highest BCUT2D eigenvalue weighted by Crippen LogP contribution is 2.33. The number of aliphatic imine (C=N–C) groups is 1. The van der Waals surface area contributed by atoms with E-state index in [-0.39, 0.29) is 42.2 Å². The summed E-state index contributed by atoms with van der Waals surface area (Å²) in [6.07, 6.45) is 4.80. The van der Waals surface area contributed by atoms with Crippen LogP contribution in [0.3, 0.4) is 0 Å². The summed E-state index contributed by atoms with van der Waals surface area (Å²) >= 11 is 0. The minimum absolute atomic E-state index is 0. The molecule has 0 saturated carbocycles. The smallest absolute Gasteiger partial charge is 0.246 e. The molecule has 27 heavy (non-hydrogen) atoms. The number of likely N-dealkylation sites (tertiary alicyclic amines) is 1. The molecule has 0 spiro atoms. The van der Waals surface area contributed by atoms with E-state index in [0.29, 0.717) is 11.1 Å². The molecule has 1 atom stereocenters. The van der Waals surface area contributed by atoms with E-state index in [9.17, 15) is 9.90 Å². The molecule has 0 aromatic heterocycles.